The van der Waals surface area contributed by atoms with Crippen molar-refractivity contribution >= 4 is 17.0 Å². The molecule has 4 aromatic rings. The molecule has 1 saturated carbocycles. The predicted octanol–water partition coefficient (Wildman–Crippen LogP) is 6.42. The highest BCUT2D eigenvalue weighted by atomic mass is 32.1. The van der Waals surface area contributed by atoms with Crippen LogP contribution in [0.25, 0.3) is 0 Å². The van der Waals surface area contributed by atoms with Gasteiger partial charge in [0.2, 0.25) is 0 Å². The Kier molecular flexibility index (Phi) is 7.99. The number of halogens is 3. The molecule has 1 aliphatic carbocycles. The summed E-state index contributed by atoms with van der Waals surface area (Å²) >= 11 is 1.52. The van der Waals surface area contributed by atoms with E-state index >= 15 is 0 Å². The molecule has 7 nitrogen and oxygen atoms in total. The number of rotatable bonds is 10. The number of nitrogens with zero attached hydrogens (tertiary/aromatic N) is 6. The third-order valence-electron chi connectivity index (χ3n) is 7.68. The maximum Gasteiger partial charge on any atom is 0.418 e. The van der Waals surface area contributed by atoms with Crippen LogP contribution in [0.5, 0.6) is 0 Å². The number of anilines is 1. The summed E-state index contributed by atoms with van der Waals surface area (Å²) in [7, 11) is 3.83. The van der Waals surface area contributed by atoms with E-state index in [9.17, 15) is 13.2 Å². The lowest BCUT2D eigenvalue weighted by molar-refractivity contribution is -0.138. The van der Waals surface area contributed by atoms with E-state index in [0.717, 1.165) is 34.8 Å². The number of thiazole rings is 1. The number of nitrogens with one attached hydrogen (secondary N) is 1. The molecular formula is C28H32F3N7S. The summed E-state index contributed by atoms with van der Waals surface area (Å²) in [6.45, 7) is 2.45. The van der Waals surface area contributed by atoms with E-state index in [1.807, 2.05) is 48.7 Å². The van der Waals surface area contributed by atoms with Crippen LogP contribution in [0.4, 0.5) is 18.9 Å². The van der Waals surface area contributed by atoms with Crippen LogP contribution < -0.4 is 5.32 Å². The zero-order chi connectivity index (χ0) is 27.6. The number of hydrogen-bond acceptors (Lipinski definition) is 7. The van der Waals surface area contributed by atoms with E-state index in [2.05, 4.69) is 31.5 Å². The van der Waals surface area contributed by atoms with Crippen molar-refractivity contribution in [2.75, 3.05) is 12.4 Å². The molecule has 0 saturated heterocycles. The minimum absolute atomic E-state index is 0.0298. The van der Waals surface area contributed by atoms with Gasteiger partial charge in [-0.1, -0.05) is 18.6 Å². The second kappa shape index (κ2) is 11.4. The van der Waals surface area contributed by atoms with Gasteiger partial charge in [-0.2, -0.15) is 13.2 Å². The fourth-order valence-electron chi connectivity index (χ4n) is 5.09. The fraction of sp³-hybridized carbons (Fsp3) is 0.429. The molecule has 1 N–H and O–H groups in total. The molecule has 1 fully saturated rings. The van der Waals surface area contributed by atoms with Gasteiger partial charge in [-0.15, -0.1) is 21.5 Å². The summed E-state index contributed by atoms with van der Waals surface area (Å²) in [6, 6.07) is 8.85. The number of hydrogen-bond donors (Lipinski definition) is 1. The summed E-state index contributed by atoms with van der Waals surface area (Å²) in [5.41, 5.74) is 3.35. The Bertz CT molecular complexity index is 1380. The molecule has 206 valence electrons. The Labute approximate surface area is 230 Å². The smallest absolute Gasteiger partial charge is 0.379 e. The van der Waals surface area contributed by atoms with Gasteiger partial charge in [0.15, 0.2) is 0 Å². The van der Waals surface area contributed by atoms with Gasteiger partial charge in [-0.3, -0.25) is 14.9 Å². The van der Waals surface area contributed by atoms with Crippen molar-refractivity contribution in [3.63, 3.8) is 0 Å². The zero-order valence-corrected chi connectivity index (χ0v) is 23.0. The standard InChI is InChI=1S/C28H32F3N7S/c1-18(37(2)15-23-13-32-17-39-23)21-11-24(28(29,30)31)25(34-12-21)14-33-22-9-5-8-20(10-22)26(19-6-4-7-19)27-36-35-16-38(27)3/h5,8-13,16-19,26,33H,4,6-7,14-15H2,1-3H3/t18-,26-/m1/s1. The maximum absolute atomic E-state index is 14.1. The molecule has 1 aromatic carbocycles. The number of alkyl halides is 3. The first-order chi connectivity index (χ1) is 18.7. The minimum Gasteiger partial charge on any atom is -0.379 e. The summed E-state index contributed by atoms with van der Waals surface area (Å²) in [4.78, 5) is 11.4. The van der Waals surface area contributed by atoms with Gasteiger partial charge in [0.1, 0.15) is 12.2 Å². The number of pyridine rings is 1. The number of benzene rings is 1. The van der Waals surface area contributed by atoms with Crippen LogP contribution in [0.2, 0.25) is 0 Å². The van der Waals surface area contributed by atoms with Crippen molar-refractivity contribution in [1.29, 1.82) is 0 Å². The molecule has 1 aliphatic rings. The summed E-state index contributed by atoms with van der Waals surface area (Å²) in [5, 5.41) is 11.6. The van der Waals surface area contributed by atoms with E-state index in [1.54, 1.807) is 24.2 Å². The van der Waals surface area contributed by atoms with Crippen LogP contribution >= 0.6 is 11.3 Å². The van der Waals surface area contributed by atoms with E-state index in [1.165, 1.54) is 23.8 Å². The lowest BCUT2D eigenvalue weighted by Gasteiger charge is -2.33. The van der Waals surface area contributed by atoms with Crippen LogP contribution in [-0.4, -0.2) is 36.7 Å². The molecule has 3 heterocycles. The molecule has 0 unspecified atom stereocenters. The minimum atomic E-state index is -4.52. The molecule has 2 atom stereocenters. The van der Waals surface area contributed by atoms with Crippen molar-refractivity contribution in [1.82, 2.24) is 29.6 Å². The molecule has 39 heavy (non-hydrogen) atoms. The van der Waals surface area contributed by atoms with Crippen molar-refractivity contribution in [3.8, 4) is 0 Å². The highest BCUT2D eigenvalue weighted by molar-refractivity contribution is 7.09. The molecule has 0 spiro atoms. The van der Waals surface area contributed by atoms with Gasteiger partial charge in [-0.25, -0.2) is 0 Å². The van der Waals surface area contributed by atoms with Crippen LogP contribution in [-0.2, 0) is 26.3 Å². The summed E-state index contributed by atoms with van der Waals surface area (Å²) in [6.07, 6.45) is 3.96. The average molecular weight is 556 g/mol. The first kappa shape index (κ1) is 27.3. The lowest BCUT2D eigenvalue weighted by atomic mass is 9.72. The summed E-state index contributed by atoms with van der Waals surface area (Å²) < 4.78 is 44.3. The Hall–Kier alpha value is -3.31. The Morgan fingerprint density at radius 1 is 1.18 bits per heavy atom. The average Bonchev–Trinajstić information content (AvgIpc) is 3.55. The monoisotopic (exact) mass is 555 g/mol. The van der Waals surface area contributed by atoms with Crippen LogP contribution in [0.3, 0.4) is 0 Å². The van der Waals surface area contributed by atoms with Crippen LogP contribution in [0.1, 0.15) is 71.2 Å². The molecule has 3 aromatic heterocycles. The van der Waals surface area contributed by atoms with Gasteiger partial charge >= 0.3 is 6.18 Å². The predicted molar refractivity (Wildman–Crippen MR) is 145 cm³/mol. The number of aromatic nitrogens is 5. The normalized spacial score (nSPS) is 15.8. The fourth-order valence-corrected chi connectivity index (χ4v) is 5.75. The molecule has 0 aliphatic heterocycles. The van der Waals surface area contributed by atoms with Gasteiger partial charge in [0.05, 0.1) is 23.3 Å². The Morgan fingerprint density at radius 3 is 2.64 bits per heavy atom. The lowest BCUT2D eigenvalue weighted by Crippen LogP contribution is -2.24. The van der Waals surface area contributed by atoms with E-state index in [-0.39, 0.29) is 24.2 Å². The molecule has 11 heteroatoms. The topological polar surface area (TPSA) is 71.8 Å². The van der Waals surface area contributed by atoms with Gasteiger partial charge in [-0.05, 0) is 62.1 Å². The largest absolute Gasteiger partial charge is 0.418 e. The molecule has 0 radical (unpaired) electrons. The first-order valence-electron chi connectivity index (χ1n) is 13.0. The molecular weight excluding hydrogens is 523 g/mol. The molecule has 0 bridgehead atoms. The molecule has 5 rings (SSSR count). The van der Waals surface area contributed by atoms with Crippen LogP contribution in [0.15, 0.2) is 54.6 Å². The maximum atomic E-state index is 14.1. The van der Waals surface area contributed by atoms with Gasteiger partial charge in [0, 0.05) is 48.5 Å². The second-order valence-electron chi connectivity index (χ2n) is 10.3. The summed E-state index contributed by atoms with van der Waals surface area (Å²) in [5.74, 6) is 1.48. The van der Waals surface area contributed by atoms with E-state index in [4.69, 9.17) is 0 Å². The Balaban J connectivity index is 1.34. The van der Waals surface area contributed by atoms with Crippen LogP contribution in [0, 0.1) is 5.92 Å². The highest BCUT2D eigenvalue weighted by Crippen LogP contribution is 2.43. The quantitative estimate of drug-likeness (QED) is 0.243. The van der Waals surface area contributed by atoms with Crippen molar-refractivity contribution < 1.29 is 13.2 Å². The van der Waals surface area contributed by atoms with Crippen molar-refractivity contribution in [3.05, 3.63) is 87.6 Å². The third-order valence-corrected chi connectivity index (χ3v) is 8.44. The highest BCUT2D eigenvalue weighted by Gasteiger charge is 2.35. The second-order valence-corrected chi connectivity index (χ2v) is 11.2. The third kappa shape index (κ3) is 6.14. The van der Waals surface area contributed by atoms with Crippen molar-refractivity contribution in [2.24, 2.45) is 13.0 Å². The van der Waals surface area contributed by atoms with Gasteiger partial charge in [0.25, 0.3) is 0 Å². The first-order valence-corrected chi connectivity index (χ1v) is 13.9. The number of aryl methyl sites for hydroxylation is 1. The SMILES string of the molecule is C[C@H](c1cnc(CNc2cccc([C@H](c3nncn3C)C3CCC3)c2)c(C(F)(F)F)c1)N(C)Cc1cncs1. The van der Waals surface area contributed by atoms with Crippen molar-refractivity contribution in [2.45, 2.75) is 57.4 Å². The zero-order valence-electron chi connectivity index (χ0n) is 22.2. The molecule has 0 amide bonds. The Morgan fingerprint density at radius 2 is 2.00 bits per heavy atom. The van der Waals surface area contributed by atoms with E-state index < -0.39 is 11.7 Å². The van der Waals surface area contributed by atoms with Gasteiger partial charge < -0.3 is 9.88 Å². The van der Waals surface area contributed by atoms with E-state index in [0.29, 0.717) is 18.0 Å².